The molecule has 23 heavy (non-hydrogen) atoms. The van der Waals surface area contributed by atoms with Crippen LogP contribution < -0.4 is 5.32 Å². The zero-order valence-corrected chi connectivity index (χ0v) is 11.9. The number of ketones is 2. The number of Topliss-reactive ketones (excluding diaryl/α,β-unsaturated/α-hetero) is 2. The molecule has 8 heteroatoms. The van der Waals surface area contributed by atoms with Crippen molar-refractivity contribution in [3.8, 4) is 6.07 Å². The van der Waals surface area contributed by atoms with Crippen molar-refractivity contribution in [3.05, 3.63) is 35.1 Å². The highest BCUT2D eigenvalue weighted by atomic mass is 19.1. The number of hydrogen-bond acceptors (Lipinski definition) is 5. The average molecular weight is 318 g/mol. The number of halogens is 1. The van der Waals surface area contributed by atoms with E-state index in [1.165, 1.54) is 6.92 Å². The van der Waals surface area contributed by atoms with Gasteiger partial charge in [-0.3, -0.25) is 19.2 Å². The Labute approximate surface area is 129 Å². The van der Waals surface area contributed by atoms with E-state index in [9.17, 15) is 28.8 Å². The largest absolute Gasteiger partial charge is 0.480 e. The molecule has 2 rings (SSSR count). The molecule has 2 unspecified atom stereocenters. The molecule has 0 aliphatic heterocycles. The van der Waals surface area contributed by atoms with Crippen LogP contribution in [0.15, 0.2) is 18.2 Å². The lowest BCUT2D eigenvalue weighted by Gasteiger charge is -2.31. The first-order valence-corrected chi connectivity index (χ1v) is 6.51. The van der Waals surface area contributed by atoms with E-state index < -0.39 is 47.1 Å². The third kappa shape index (κ3) is 2.57. The molecule has 1 aromatic carbocycles. The number of nitriles is 1. The fraction of sp³-hybridized carbons (Fsp3) is 0.267. The van der Waals surface area contributed by atoms with Crippen LogP contribution in [0, 0.1) is 23.1 Å². The number of nitrogens with one attached hydrogen (secondary N) is 1. The minimum absolute atomic E-state index is 0.0266. The Balaban J connectivity index is 2.54. The zero-order valence-electron chi connectivity index (χ0n) is 11.9. The number of hydrogen-bond donors (Lipinski definition) is 2. The molecule has 118 valence electrons. The van der Waals surface area contributed by atoms with Gasteiger partial charge >= 0.3 is 5.97 Å². The fourth-order valence-electron chi connectivity index (χ4n) is 2.47. The van der Waals surface area contributed by atoms with Gasteiger partial charge < -0.3 is 10.4 Å². The molecule has 1 amide bonds. The Morgan fingerprint density at radius 2 is 2.09 bits per heavy atom. The predicted molar refractivity (Wildman–Crippen MR) is 72.8 cm³/mol. The van der Waals surface area contributed by atoms with Crippen LogP contribution in [0.5, 0.6) is 0 Å². The second-order valence-electron chi connectivity index (χ2n) is 5.20. The lowest BCUT2D eigenvalue weighted by Crippen LogP contribution is -2.52. The average Bonchev–Trinajstić information content (AvgIpc) is 2.50. The molecule has 7 nitrogen and oxygen atoms in total. The minimum Gasteiger partial charge on any atom is -0.480 e. The van der Waals surface area contributed by atoms with Gasteiger partial charge in [-0.1, -0.05) is 6.07 Å². The van der Waals surface area contributed by atoms with E-state index in [-0.39, 0.29) is 11.1 Å². The normalized spacial score (nSPS) is 22.9. The van der Waals surface area contributed by atoms with Crippen LogP contribution in [0.1, 0.15) is 22.8 Å². The van der Waals surface area contributed by atoms with Gasteiger partial charge in [0.1, 0.15) is 17.8 Å². The molecule has 1 aromatic rings. The molecular formula is C15H11FN2O5. The number of nitrogens with zero attached hydrogens (tertiary/aromatic N) is 1. The highest BCUT2D eigenvalue weighted by molar-refractivity contribution is 6.29. The first kappa shape index (κ1) is 16.3. The van der Waals surface area contributed by atoms with Crippen molar-refractivity contribution in [2.24, 2.45) is 5.92 Å². The fourth-order valence-corrected chi connectivity index (χ4v) is 2.47. The third-order valence-electron chi connectivity index (χ3n) is 3.70. The van der Waals surface area contributed by atoms with E-state index in [2.05, 4.69) is 0 Å². The van der Waals surface area contributed by atoms with Crippen LogP contribution in [0.3, 0.4) is 0 Å². The van der Waals surface area contributed by atoms with Crippen molar-refractivity contribution >= 4 is 23.4 Å². The number of fused-ring (bicyclic) bond motifs is 1. The lowest BCUT2D eigenvalue weighted by atomic mass is 9.66. The molecule has 0 saturated heterocycles. The number of carbonyl (C=O) groups excluding carboxylic acids is 3. The van der Waals surface area contributed by atoms with Crippen LogP contribution in [0.4, 0.5) is 4.39 Å². The number of carboxylic acids is 1. The summed E-state index contributed by atoms with van der Waals surface area (Å²) in [7, 11) is 0. The molecule has 0 spiro atoms. The molecule has 2 N–H and O–H groups in total. The van der Waals surface area contributed by atoms with E-state index in [1.54, 1.807) is 6.07 Å². The zero-order chi connectivity index (χ0) is 17.4. The van der Waals surface area contributed by atoms with E-state index in [0.717, 1.165) is 18.2 Å². The summed E-state index contributed by atoms with van der Waals surface area (Å²) in [5.41, 5.74) is -2.01. The predicted octanol–water partition coefficient (Wildman–Crippen LogP) is 0.189. The molecule has 2 atom stereocenters. The molecular weight excluding hydrogens is 307 g/mol. The van der Waals surface area contributed by atoms with Crippen LogP contribution in [-0.4, -0.2) is 35.1 Å². The van der Waals surface area contributed by atoms with E-state index in [1.807, 2.05) is 5.32 Å². The highest BCUT2D eigenvalue weighted by Crippen LogP contribution is 2.37. The maximum absolute atomic E-state index is 13.4. The van der Waals surface area contributed by atoms with Gasteiger partial charge in [0.2, 0.25) is 5.91 Å². The van der Waals surface area contributed by atoms with E-state index in [4.69, 9.17) is 5.11 Å². The molecule has 0 radical (unpaired) electrons. The van der Waals surface area contributed by atoms with Crippen molar-refractivity contribution in [1.29, 1.82) is 5.26 Å². The number of carbonyl (C=O) groups is 4. The summed E-state index contributed by atoms with van der Waals surface area (Å²) in [6, 6.07) is 4.79. The molecule has 0 bridgehead atoms. The van der Waals surface area contributed by atoms with Crippen LogP contribution >= 0.6 is 0 Å². The van der Waals surface area contributed by atoms with Gasteiger partial charge in [-0.15, -0.1) is 0 Å². The summed E-state index contributed by atoms with van der Waals surface area (Å²) < 4.78 is 13.4. The van der Waals surface area contributed by atoms with Crippen LogP contribution in [-0.2, 0) is 19.8 Å². The van der Waals surface area contributed by atoms with Gasteiger partial charge in [0, 0.05) is 5.56 Å². The number of rotatable bonds is 3. The van der Waals surface area contributed by atoms with Crippen LogP contribution in [0.2, 0.25) is 0 Å². The van der Waals surface area contributed by atoms with E-state index >= 15 is 0 Å². The summed E-state index contributed by atoms with van der Waals surface area (Å²) in [6.45, 7) is 0.450. The van der Waals surface area contributed by atoms with E-state index in [0.29, 0.717) is 0 Å². The Morgan fingerprint density at radius 3 is 2.65 bits per heavy atom. The van der Waals surface area contributed by atoms with Gasteiger partial charge in [-0.2, -0.15) is 5.26 Å². The third-order valence-corrected chi connectivity index (χ3v) is 3.70. The van der Waals surface area contributed by atoms with Crippen molar-refractivity contribution in [2.75, 3.05) is 6.54 Å². The van der Waals surface area contributed by atoms with Crippen molar-refractivity contribution in [2.45, 2.75) is 12.3 Å². The molecule has 0 fully saturated rings. The van der Waals surface area contributed by atoms with Gasteiger partial charge in [-0.25, -0.2) is 4.39 Å². The monoisotopic (exact) mass is 318 g/mol. The first-order valence-electron chi connectivity index (χ1n) is 6.51. The topological polar surface area (TPSA) is 124 Å². The number of benzene rings is 1. The summed E-state index contributed by atoms with van der Waals surface area (Å²) >= 11 is 0. The molecule has 0 aromatic heterocycles. The minimum atomic E-state index is -1.88. The standard InChI is InChI=1S/C15H11FN2O5/c1-15(6-17)9-3-2-7(16)4-8(9)12(21)11(13(15)22)14(23)18-5-10(19)20/h2-4,11H,5H2,1H3,(H,18,23)(H,19,20). The van der Waals surface area contributed by atoms with Gasteiger partial charge in [0.25, 0.3) is 0 Å². The second-order valence-corrected chi connectivity index (χ2v) is 5.20. The number of amides is 1. The molecule has 0 saturated carbocycles. The highest BCUT2D eigenvalue weighted by Gasteiger charge is 2.52. The first-order chi connectivity index (χ1) is 10.7. The van der Waals surface area contributed by atoms with Gasteiger partial charge in [-0.05, 0) is 24.6 Å². The Morgan fingerprint density at radius 1 is 1.43 bits per heavy atom. The van der Waals surface area contributed by atoms with Crippen molar-refractivity contribution in [3.63, 3.8) is 0 Å². The summed E-state index contributed by atoms with van der Waals surface area (Å²) in [6.07, 6.45) is 0. The molecule has 0 heterocycles. The molecule has 1 aliphatic carbocycles. The van der Waals surface area contributed by atoms with Crippen LogP contribution in [0.25, 0.3) is 0 Å². The summed E-state index contributed by atoms with van der Waals surface area (Å²) in [5, 5.41) is 19.8. The van der Waals surface area contributed by atoms with Crippen molar-refractivity contribution < 1.29 is 28.7 Å². The summed E-state index contributed by atoms with van der Waals surface area (Å²) in [5.74, 6) is -7.04. The maximum atomic E-state index is 13.4. The van der Waals surface area contributed by atoms with Gasteiger partial charge in [0.15, 0.2) is 17.5 Å². The SMILES string of the molecule is CC1(C#N)C(=O)C(C(=O)NCC(=O)O)C(=O)c2cc(F)ccc21. The van der Waals surface area contributed by atoms with Crippen molar-refractivity contribution in [1.82, 2.24) is 5.32 Å². The Bertz CT molecular complexity index is 783. The maximum Gasteiger partial charge on any atom is 0.322 e. The number of aliphatic carboxylic acids is 1. The smallest absolute Gasteiger partial charge is 0.322 e. The molecule has 1 aliphatic rings. The van der Waals surface area contributed by atoms with Gasteiger partial charge in [0.05, 0.1) is 6.07 Å². The summed E-state index contributed by atoms with van der Waals surface area (Å²) in [4.78, 5) is 47.3. The number of carboxylic acid groups (broad SMARTS) is 1. The Kier molecular flexibility index (Phi) is 3.97. The Hall–Kier alpha value is -3.08. The quantitative estimate of drug-likeness (QED) is 0.767. The lowest BCUT2D eigenvalue weighted by molar-refractivity contribution is -0.140. The second kappa shape index (κ2) is 5.61.